The summed E-state index contributed by atoms with van der Waals surface area (Å²) < 4.78 is 5.16. The Morgan fingerprint density at radius 3 is 2.88 bits per heavy atom. The summed E-state index contributed by atoms with van der Waals surface area (Å²) in [6, 6.07) is 7.71. The van der Waals surface area contributed by atoms with Crippen LogP contribution in [0.3, 0.4) is 0 Å². The molecule has 0 aliphatic heterocycles. The number of nitrogens with two attached hydrogens (primary N) is 1. The molecule has 2 rings (SSSR count). The van der Waals surface area contributed by atoms with E-state index in [1.165, 1.54) is 0 Å². The first-order valence-corrected chi connectivity index (χ1v) is 5.15. The van der Waals surface area contributed by atoms with Gasteiger partial charge in [0.05, 0.1) is 19.0 Å². The number of nitrogens with one attached hydrogen (secondary N) is 1. The van der Waals surface area contributed by atoms with Crippen LogP contribution in [-0.2, 0) is 0 Å². The number of methoxy groups -OCH3 is 1. The summed E-state index contributed by atoms with van der Waals surface area (Å²) in [6.07, 6.45) is 1.76. The molecule has 0 unspecified atom stereocenters. The second-order valence-corrected chi connectivity index (χ2v) is 3.71. The van der Waals surface area contributed by atoms with Crippen molar-refractivity contribution in [3.05, 3.63) is 36.2 Å². The minimum Gasteiger partial charge on any atom is -0.497 e. The maximum Gasteiger partial charge on any atom is 0.137 e. The number of aromatic nitrogens is 2. The predicted molar refractivity (Wildman–Crippen MR) is 63.2 cm³/mol. The van der Waals surface area contributed by atoms with Gasteiger partial charge in [-0.15, -0.1) is 0 Å². The number of benzene rings is 1. The number of hydrogen-bond acceptors (Lipinski definition) is 3. The zero-order valence-corrected chi connectivity index (χ0v) is 9.40. The topological polar surface area (TPSA) is 63.9 Å². The number of imidazole rings is 1. The molecular formula is C12H15N3O. The number of hydrogen-bond donors (Lipinski definition) is 2. The Morgan fingerprint density at radius 2 is 2.25 bits per heavy atom. The molecule has 1 atom stereocenters. The van der Waals surface area contributed by atoms with Crippen LogP contribution in [0.5, 0.6) is 5.75 Å². The summed E-state index contributed by atoms with van der Waals surface area (Å²) >= 11 is 0. The van der Waals surface area contributed by atoms with Gasteiger partial charge in [-0.05, 0) is 19.1 Å². The molecule has 84 valence electrons. The molecule has 0 fully saturated rings. The van der Waals surface area contributed by atoms with Gasteiger partial charge in [0.15, 0.2) is 0 Å². The molecule has 2 aromatic rings. The molecule has 4 nitrogen and oxygen atoms in total. The van der Waals surface area contributed by atoms with Gasteiger partial charge in [0, 0.05) is 11.6 Å². The summed E-state index contributed by atoms with van der Waals surface area (Å²) in [6.45, 7) is 1.92. The predicted octanol–water partition coefficient (Wildman–Crippen LogP) is 2.10. The third kappa shape index (κ3) is 2.06. The number of aromatic amines is 1. The van der Waals surface area contributed by atoms with E-state index in [9.17, 15) is 0 Å². The summed E-state index contributed by atoms with van der Waals surface area (Å²) in [7, 11) is 1.65. The molecule has 0 saturated carbocycles. The van der Waals surface area contributed by atoms with Crippen LogP contribution in [0.4, 0.5) is 0 Å². The van der Waals surface area contributed by atoms with Crippen LogP contribution in [-0.4, -0.2) is 17.1 Å². The summed E-state index contributed by atoms with van der Waals surface area (Å²) in [5, 5.41) is 0. The van der Waals surface area contributed by atoms with Crippen LogP contribution < -0.4 is 10.5 Å². The monoisotopic (exact) mass is 217 g/mol. The minimum atomic E-state index is -0.0353. The molecular weight excluding hydrogens is 202 g/mol. The molecule has 0 aliphatic rings. The smallest absolute Gasteiger partial charge is 0.137 e. The maximum atomic E-state index is 5.77. The molecule has 0 bridgehead atoms. The van der Waals surface area contributed by atoms with Crippen molar-refractivity contribution in [3.63, 3.8) is 0 Å². The van der Waals surface area contributed by atoms with Crippen molar-refractivity contribution in [3.8, 4) is 17.1 Å². The first-order chi connectivity index (χ1) is 7.70. The van der Waals surface area contributed by atoms with Gasteiger partial charge >= 0.3 is 0 Å². The Morgan fingerprint density at radius 1 is 1.44 bits per heavy atom. The molecule has 0 spiro atoms. The molecule has 1 heterocycles. The van der Waals surface area contributed by atoms with E-state index in [4.69, 9.17) is 10.5 Å². The van der Waals surface area contributed by atoms with E-state index in [1.807, 2.05) is 31.2 Å². The van der Waals surface area contributed by atoms with Crippen molar-refractivity contribution in [2.45, 2.75) is 13.0 Å². The molecule has 4 heteroatoms. The van der Waals surface area contributed by atoms with Crippen molar-refractivity contribution in [2.75, 3.05) is 7.11 Å². The Balaban J connectivity index is 2.34. The molecule has 1 aromatic carbocycles. The largest absolute Gasteiger partial charge is 0.497 e. The number of nitrogens with zero attached hydrogens (tertiary/aromatic N) is 1. The lowest BCUT2D eigenvalue weighted by atomic mass is 10.2. The highest BCUT2D eigenvalue weighted by Crippen LogP contribution is 2.22. The van der Waals surface area contributed by atoms with Crippen LogP contribution in [0.15, 0.2) is 30.5 Å². The van der Waals surface area contributed by atoms with E-state index >= 15 is 0 Å². The second kappa shape index (κ2) is 4.37. The lowest BCUT2D eigenvalue weighted by Gasteiger charge is -2.02. The number of ether oxygens (including phenoxy) is 1. The van der Waals surface area contributed by atoms with E-state index in [1.54, 1.807) is 13.3 Å². The van der Waals surface area contributed by atoms with Gasteiger partial charge in [-0.25, -0.2) is 4.98 Å². The molecule has 16 heavy (non-hydrogen) atoms. The van der Waals surface area contributed by atoms with E-state index in [0.717, 1.165) is 22.8 Å². The fourth-order valence-electron chi connectivity index (χ4n) is 1.48. The summed E-state index contributed by atoms with van der Waals surface area (Å²) in [5.74, 6) is 1.63. The van der Waals surface area contributed by atoms with E-state index in [2.05, 4.69) is 9.97 Å². The van der Waals surface area contributed by atoms with Gasteiger partial charge in [-0.1, -0.05) is 12.1 Å². The van der Waals surface area contributed by atoms with Crippen LogP contribution in [0.25, 0.3) is 11.4 Å². The SMILES string of the molecule is COc1cccc(-c2ncc([C@H](C)N)[nH]2)c1. The summed E-state index contributed by atoms with van der Waals surface area (Å²) in [5.41, 5.74) is 7.69. The van der Waals surface area contributed by atoms with Crippen molar-refractivity contribution < 1.29 is 4.74 Å². The Labute approximate surface area is 94.5 Å². The Bertz CT molecular complexity index is 477. The van der Waals surface area contributed by atoms with Crippen molar-refractivity contribution in [2.24, 2.45) is 5.73 Å². The highest BCUT2D eigenvalue weighted by molar-refractivity contribution is 5.57. The zero-order valence-electron chi connectivity index (χ0n) is 9.40. The van der Waals surface area contributed by atoms with Crippen molar-refractivity contribution >= 4 is 0 Å². The lowest BCUT2D eigenvalue weighted by Crippen LogP contribution is -2.04. The fraction of sp³-hybridized carbons (Fsp3) is 0.250. The summed E-state index contributed by atoms with van der Waals surface area (Å²) in [4.78, 5) is 7.48. The third-order valence-electron chi connectivity index (χ3n) is 2.43. The highest BCUT2D eigenvalue weighted by atomic mass is 16.5. The van der Waals surface area contributed by atoms with Crippen molar-refractivity contribution in [1.82, 2.24) is 9.97 Å². The average molecular weight is 217 g/mol. The van der Waals surface area contributed by atoms with Gasteiger partial charge < -0.3 is 15.5 Å². The number of H-pyrrole nitrogens is 1. The molecule has 1 aromatic heterocycles. The van der Waals surface area contributed by atoms with Gasteiger partial charge in [0.25, 0.3) is 0 Å². The molecule has 0 radical (unpaired) electrons. The Kier molecular flexibility index (Phi) is 2.92. The fourth-order valence-corrected chi connectivity index (χ4v) is 1.48. The minimum absolute atomic E-state index is 0.0353. The maximum absolute atomic E-state index is 5.77. The first-order valence-electron chi connectivity index (χ1n) is 5.15. The van der Waals surface area contributed by atoms with Crippen LogP contribution >= 0.6 is 0 Å². The standard InChI is InChI=1S/C12H15N3O/c1-8(13)11-7-14-12(15-11)9-4-3-5-10(6-9)16-2/h3-8H,13H2,1-2H3,(H,14,15)/t8-/m0/s1. The van der Waals surface area contributed by atoms with Gasteiger partial charge in [-0.2, -0.15) is 0 Å². The van der Waals surface area contributed by atoms with Crippen molar-refractivity contribution in [1.29, 1.82) is 0 Å². The van der Waals surface area contributed by atoms with Gasteiger partial charge in [0.2, 0.25) is 0 Å². The zero-order chi connectivity index (χ0) is 11.5. The van der Waals surface area contributed by atoms with Crippen LogP contribution in [0, 0.1) is 0 Å². The highest BCUT2D eigenvalue weighted by Gasteiger charge is 2.06. The Hall–Kier alpha value is -1.81. The second-order valence-electron chi connectivity index (χ2n) is 3.71. The van der Waals surface area contributed by atoms with Crippen LogP contribution in [0.1, 0.15) is 18.7 Å². The normalized spacial score (nSPS) is 12.4. The van der Waals surface area contributed by atoms with E-state index in [-0.39, 0.29) is 6.04 Å². The molecule has 0 amide bonds. The average Bonchev–Trinajstić information content (AvgIpc) is 2.78. The van der Waals surface area contributed by atoms with Gasteiger partial charge in [0.1, 0.15) is 11.6 Å². The van der Waals surface area contributed by atoms with E-state index in [0.29, 0.717) is 0 Å². The third-order valence-corrected chi connectivity index (χ3v) is 2.43. The first kappa shape index (κ1) is 10.7. The molecule has 0 aliphatic carbocycles. The molecule has 3 N–H and O–H groups in total. The molecule has 0 saturated heterocycles. The lowest BCUT2D eigenvalue weighted by molar-refractivity contribution is 0.415. The van der Waals surface area contributed by atoms with Gasteiger partial charge in [-0.3, -0.25) is 0 Å². The van der Waals surface area contributed by atoms with Crippen LogP contribution in [0.2, 0.25) is 0 Å². The van der Waals surface area contributed by atoms with E-state index < -0.39 is 0 Å². The quantitative estimate of drug-likeness (QED) is 0.827. The number of rotatable bonds is 3.